The minimum Gasteiger partial charge on any atom is -0.379 e. The largest absolute Gasteiger partial charge is 0.379 e. The van der Waals surface area contributed by atoms with Crippen LogP contribution in [0.5, 0.6) is 0 Å². The fourth-order valence-electron chi connectivity index (χ4n) is 3.76. The van der Waals surface area contributed by atoms with Crippen molar-refractivity contribution in [1.29, 1.82) is 0 Å². The van der Waals surface area contributed by atoms with Gasteiger partial charge in [-0.1, -0.05) is 26.2 Å². The molecule has 0 atom stereocenters. The summed E-state index contributed by atoms with van der Waals surface area (Å²) in [6, 6.07) is 0.550. The van der Waals surface area contributed by atoms with Crippen molar-refractivity contribution in [3.63, 3.8) is 0 Å². The highest BCUT2D eigenvalue weighted by Gasteiger charge is 2.15. The number of nitrogens with zero attached hydrogens (tertiary/aromatic N) is 5. The van der Waals surface area contributed by atoms with Crippen LogP contribution in [0.3, 0.4) is 0 Å². The third-order valence-corrected chi connectivity index (χ3v) is 5.39. The lowest BCUT2D eigenvalue weighted by molar-refractivity contribution is 0.0394. The number of guanidine groups is 1. The highest BCUT2D eigenvalue weighted by molar-refractivity contribution is 5.80. The van der Waals surface area contributed by atoms with Crippen molar-refractivity contribution in [1.82, 2.24) is 30.3 Å². The maximum Gasteiger partial charge on any atom is 0.191 e. The fourth-order valence-corrected chi connectivity index (χ4v) is 3.76. The van der Waals surface area contributed by atoms with E-state index in [0.29, 0.717) is 6.04 Å². The standard InChI is InChI=1S/C19H35N7O/c1-2-18-24-22-16-26(18)11-9-21-19(23-17-6-4-3-5-7-17)20-8-10-25-12-14-27-15-13-25/h16-17H,2-15H2,1H3,(H2,20,21,23). The van der Waals surface area contributed by atoms with E-state index in [1.165, 1.54) is 32.1 Å². The van der Waals surface area contributed by atoms with Crippen molar-refractivity contribution in [3.8, 4) is 0 Å². The molecule has 2 N–H and O–H groups in total. The van der Waals surface area contributed by atoms with Crippen LogP contribution >= 0.6 is 0 Å². The second-order valence-corrected chi connectivity index (χ2v) is 7.38. The Bertz CT molecular complexity index is 562. The molecule has 1 saturated carbocycles. The minimum absolute atomic E-state index is 0.550. The molecule has 1 aliphatic heterocycles. The van der Waals surface area contributed by atoms with Crippen LogP contribution in [0, 0.1) is 0 Å². The van der Waals surface area contributed by atoms with Crippen molar-refractivity contribution >= 4 is 5.96 Å². The lowest BCUT2D eigenvalue weighted by Gasteiger charge is -2.27. The number of aryl methyl sites for hydroxylation is 1. The molecule has 152 valence electrons. The molecule has 0 amide bonds. The first-order chi connectivity index (χ1) is 13.3. The zero-order valence-electron chi connectivity index (χ0n) is 16.7. The van der Waals surface area contributed by atoms with Crippen molar-refractivity contribution in [2.75, 3.05) is 45.9 Å². The van der Waals surface area contributed by atoms with Crippen LogP contribution in [0.25, 0.3) is 0 Å². The molecule has 8 nitrogen and oxygen atoms in total. The molecule has 0 unspecified atom stereocenters. The second kappa shape index (κ2) is 11.2. The van der Waals surface area contributed by atoms with Crippen LogP contribution < -0.4 is 10.6 Å². The molecule has 2 heterocycles. The van der Waals surface area contributed by atoms with Crippen molar-refractivity contribution < 1.29 is 4.74 Å². The van der Waals surface area contributed by atoms with Gasteiger partial charge in [-0.25, -0.2) is 0 Å². The van der Waals surface area contributed by atoms with Gasteiger partial charge in [-0.05, 0) is 12.8 Å². The lowest BCUT2D eigenvalue weighted by Crippen LogP contribution is -2.45. The maximum absolute atomic E-state index is 5.42. The smallest absolute Gasteiger partial charge is 0.191 e. The van der Waals surface area contributed by atoms with Crippen LogP contribution in [-0.4, -0.2) is 77.6 Å². The Morgan fingerprint density at radius 2 is 2.04 bits per heavy atom. The molecule has 2 fully saturated rings. The second-order valence-electron chi connectivity index (χ2n) is 7.38. The quantitative estimate of drug-likeness (QED) is 0.521. The van der Waals surface area contributed by atoms with Gasteiger partial charge in [-0.2, -0.15) is 0 Å². The molecule has 0 bridgehead atoms. The Balaban J connectivity index is 1.48. The van der Waals surface area contributed by atoms with Crippen LogP contribution in [0.4, 0.5) is 0 Å². The summed E-state index contributed by atoms with van der Waals surface area (Å²) in [7, 11) is 0. The third-order valence-electron chi connectivity index (χ3n) is 5.39. The molecule has 0 spiro atoms. The van der Waals surface area contributed by atoms with Crippen LogP contribution in [0.2, 0.25) is 0 Å². The van der Waals surface area contributed by atoms with Gasteiger partial charge in [0.05, 0.1) is 19.8 Å². The molecule has 1 aromatic rings. The fraction of sp³-hybridized carbons (Fsp3) is 0.842. The summed E-state index contributed by atoms with van der Waals surface area (Å²) in [6.07, 6.45) is 9.21. The third kappa shape index (κ3) is 6.77. The van der Waals surface area contributed by atoms with Gasteiger partial charge in [0, 0.05) is 45.2 Å². The van der Waals surface area contributed by atoms with E-state index < -0.39 is 0 Å². The van der Waals surface area contributed by atoms with Crippen molar-refractivity contribution in [2.45, 2.75) is 58.0 Å². The zero-order chi connectivity index (χ0) is 18.7. The first kappa shape index (κ1) is 20.1. The summed E-state index contributed by atoms with van der Waals surface area (Å²) in [5.74, 6) is 1.98. The Morgan fingerprint density at radius 1 is 1.22 bits per heavy atom. The Kier molecular flexibility index (Phi) is 8.35. The summed E-state index contributed by atoms with van der Waals surface area (Å²) in [6.45, 7) is 9.30. The molecule has 1 saturated heterocycles. The van der Waals surface area contributed by atoms with Crippen LogP contribution in [0.15, 0.2) is 11.3 Å². The van der Waals surface area contributed by atoms with Crippen LogP contribution in [-0.2, 0) is 17.7 Å². The van der Waals surface area contributed by atoms with E-state index in [-0.39, 0.29) is 0 Å². The molecular formula is C19H35N7O. The number of aromatic nitrogens is 3. The average molecular weight is 378 g/mol. The average Bonchev–Trinajstić information content (AvgIpc) is 3.17. The normalized spacial score (nSPS) is 20.0. The molecule has 8 heteroatoms. The van der Waals surface area contributed by atoms with E-state index in [1.807, 2.05) is 6.33 Å². The van der Waals surface area contributed by atoms with Gasteiger partial charge in [-0.15, -0.1) is 10.2 Å². The molecule has 1 aliphatic carbocycles. The van der Waals surface area contributed by atoms with E-state index in [9.17, 15) is 0 Å². The highest BCUT2D eigenvalue weighted by Crippen LogP contribution is 2.17. The van der Waals surface area contributed by atoms with Gasteiger partial charge < -0.3 is 19.9 Å². The molecule has 0 aromatic carbocycles. The summed E-state index contributed by atoms with van der Waals surface area (Å²) in [5.41, 5.74) is 0. The molecule has 27 heavy (non-hydrogen) atoms. The van der Waals surface area contributed by atoms with Gasteiger partial charge in [0.2, 0.25) is 0 Å². The predicted molar refractivity (Wildman–Crippen MR) is 107 cm³/mol. The number of nitrogens with one attached hydrogen (secondary N) is 2. The topological polar surface area (TPSA) is 79.6 Å². The Morgan fingerprint density at radius 3 is 2.81 bits per heavy atom. The van der Waals surface area contributed by atoms with Crippen molar-refractivity contribution in [3.05, 3.63) is 12.2 Å². The molecule has 1 aromatic heterocycles. The van der Waals surface area contributed by atoms with Gasteiger partial charge >= 0.3 is 0 Å². The Hall–Kier alpha value is -1.67. The molecule has 3 rings (SSSR count). The Labute approximate surface area is 162 Å². The molecular weight excluding hydrogens is 342 g/mol. The minimum atomic E-state index is 0.550. The molecule has 0 radical (unpaired) electrons. The van der Waals surface area contributed by atoms with E-state index in [2.05, 4.69) is 37.2 Å². The van der Waals surface area contributed by atoms with Gasteiger partial charge in [0.15, 0.2) is 5.96 Å². The van der Waals surface area contributed by atoms with E-state index >= 15 is 0 Å². The number of ether oxygens (including phenoxy) is 1. The number of aliphatic imine (C=N–C) groups is 1. The number of rotatable bonds is 8. The predicted octanol–water partition coefficient (Wildman–Crippen LogP) is 1.04. The SMILES string of the molecule is CCc1nncn1CCNC(=NCCN1CCOCC1)NC1CCCCC1. The monoisotopic (exact) mass is 377 g/mol. The van der Waals surface area contributed by atoms with Crippen molar-refractivity contribution in [2.24, 2.45) is 4.99 Å². The van der Waals surface area contributed by atoms with E-state index in [0.717, 1.165) is 70.7 Å². The first-order valence-electron chi connectivity index (χ1n) is 10.6. The highest BCUT2D eigenvalue weighted by atomic mass is 16.5. The summed E-state index contributed by atoms with van der Waals surface area (Å²) >= 11 is 0. The lowest BCUT2D eigenvalue weighted by atomic mass is 9.96. The number of morpholine rings is 1. The summed E-state index contributed by atoms with van der Waals surface area (Å²) in [4.78, 5) is 7.27. The van der Waals surface area contributed by atoms with Gasteiger partial charge in [0.1, 0.15) is 12.2 Å². The van der Waals surface area contributed by atoms with E-state index in [4.69, 9.17) is 9.73 Å². The first-order valence-corrected chi connectivity index (χ1v) is 10.6. The summed E-state index contributed by atoms with van der Waals surface area (Å²) in [5, 5.41) is 15.3. The van der Waals surface area contributed by atoms with E-state index in [1.54, 1.807) is 0 Å². The number of hydrogen-bond acceptors (Lipinski definition) is 5. The van der Waals surface area contributed by atoms with Crippen LogP contribution in [0.1, 0.15) is 44.9 Å². The zero-order valence-corrected chi connectivity index (χ0v) is 16.7. The maximum atomic E-state index is 5.42. The number of hydrogen-bond donors (Lipinski definition) is 2. The van der Waals surface area contributed by atoms with Gasteiger partial charge in [0.25, 0.3) is 0 Å². The molecule has 2 aliphatic rings. The summed E-state index contributed by atoms with van der Waals surface area (Å²) < 4.78 is 7.53. The van der Waals surface area contributed by atoms with Gasteiger partial charge in [-0.3, -0.25) is 9.89 Å².